The van der Waals surface area contributed by atoms with Crippen molar-refractivity contribution in [1.82, 2.24) is 9.47 Å². The second kappa shape index (κ2) is 9.99. The topological polar surface area (TPSA) is 59.4 Å². The number of Topliss-reactive ketones (excluding diaryl/α,β-unsaturated/α-hetero) is 1. The van der Waals surface area contributed by atoms with Crippen molar-refractivity contribution in [3.63, 3.8) is 0 Å². The van der Waals surface area contributed by atoms with Crippen molar-refractivity contribution in [1.29, 1.82) is 0 Å². The molecule has 5 nitrogen and oxygen atoms in total. The van der Waals surface area contributed by atoms with Crippen molar-refractivity contribution in [2.45, 2.75) is 47.1 Å². The van der Waals surface area contributed by atoms with Gasteiger partial charge in [-0.3, -0.25) is 19.0 Å². The molecule has 0 N–H and O–H groups in total. The summed E-state index contributed by atoms with van der Waals surface area (Å²) in [6.45, 7) is 9.90. The maximum Gasteiger partial charge on any atom is 0.247 e. The first kappa shape index (κ1) is 24.2. The van der Waals surface area contributed by atoms with Crippen molar-refractivity contribution >= 4 is 34.6 Å². The first-order valence-corrected chi connectivity index (χ1v) is 11.3. The predicted octanol–water partition coefficient (Wildman–Crippen LogP) is 5.85. The smallest absolute Gasteiger partial charge is 0.247 e. The van der Waals surface area contributed by atoms with Crippen LogP contribution in [0, 0.1) is 5.41 Å². The number of fused-ring (bicyclic) bond motifs is 1. The van der Waals surface area contributed by atoms with E-state index in [2.05, 4.69) is 0 Å². The summed E-state index contributed by atoms with van der Waals surface area (Å²) in [6, 6.07) is 16.5. The molecule has 0 atom stereocenters. The van der Waals surface area contributed by atoms with Gasteiger partial charge in [-0.05, 0) is 31.4 Å². The molecule has 0 saturated heterocycles. The average molecular weight is 445 g/mol. The fraction of sp³-hybridized carbons (Fsp3) is 0.321. The summed E-state index contributed by atoms with van der Waals surface area (Å²) in [6.07, 6.45) is 5.42. The fourth-order valence-electron chi connectivity index (χ4n) is 3.73. The number of ketones is 1. The highest BCUT2D eigenvalue weighted by atomic mass is 16.2. The van der Waals surface area contributed by atoms with E-state index in [4.69, 9.17) is 0 Å². The number of rotatable bonds is 7. The van der Waals surface area contributed by atoms with Gasteiger partial charge in [-0.2, -0.15) is 0 Å². The molecular formula is C28H32N2O3. The summed E-state index contributed by atoms with van der Waals surface area (Å²) in [5.41, 5.74) is 2.07. The third-order valence-electron chi connectivity index (χ3n) is 5.41. The SMILES string of the molecule is CC(C)N(CC(=O)c1ccccc1)C(=O)/C=C/c1cn(C(=O)CC(C)(C)C)c2ccccc12. The quantitative estimate of drug-likeness (QED) is 0.339. The van der Waals surface area contributed by atoms with Crippen LogP contribution in [0.5, 0.6) is 0 Å². The minimum atomic E-state index is -0.243. The van der Waals surface area contributed by atoms with E-state index in [9.17, 15) is 14.4 Å². The number of nitrogens with zero attached hydrogens (tertiary/aromatic N) is 2. The molecule has 0 radical (unpaired) electrons. The molecule has 1 heterocycles. The van der Waals surface area contributed by atoms with Crippen molar-refractivity contribution in [3.8, 4) is 0 Å². The van der Waals surface area contributed by atoms with Gasteiger partial charge in [0.25, 0.3) is 0 Å². The Balaban J connectivity index is 1.85. The van der Waals surface area contributed by atoms with Crippen molar-refractivity contribution in [2.75, 3.05) is 6.54 Å². The van der Waals surface area contributed by atoms with E-state index in [0.717, 1.165) is 16.5 Å². The number of hydrogen-bond acceptors (Lipinski definition) is 3. The molecule has 0 bridgehead atoms. The molecule has 0 saturated carbocycles. The summed E-state index contributed by atoms with van der Waals surface area (Å²) >= 11 is 0. The molecule has 2 aromatic carbocycles. The van der Waals surface area contributed by atoms with Gasteiger partial charge in [0.1, 0.15) is 0 Å². The van der Waals surface area contributed by atoms with Crippen LogP contribution in [0.25, 0.3) is 17.0 Å². The highest BCUT2D eigenvalue weighted by Crippen LogP contribution is 2.26. The predicted molar refractivity (Wildman–Crippen MR) is 133 cm³/mol. The molecule has 3 rings (SSSR count). The van der Waals surface area contributed by atoms with Crippen LogP contribution in [-0.2, 0) is 4.79 Å². The molecule has 172 valence electrons. The number of carbonyl (C=O) groups is 3. The maximum atomic E-state index is 13.0. The van der Waals surface area contributed by atoms with Crippen LogP contribution in [-0.4, -0.2) is 39.7 Å². The molecule has 5 heteroatoms. The van der Waals surface area contributed by atoms with Crippen molar-refractivity contribution < 1.29 is 14.4 Å². The maximum absolute atomic E-state index is 13.0. The Morgan fingerprint density at radius 1 is 0.970 bits per heavy atom. The molecule has 1 aromatic heterocycles. The number of benzene rings is 2. The minimum Gasteiger partial charge on any atom is -0.329 e. The van der Waals surface area contributed by atoms with Gasteiger partial charge in [0, 0.05) is 41.2 Å². The number of carbonyl (C=O) groups excluding carboxylic acids is 3. The van der Waals surface area contributed by atoms with Crippen molar-refractivity contribution in [3.05, 3.63) is 78.0 Å². The third kappa shape index (κ3) is 6.07. The van der Waals surface area contributed by atoms with Crippen LogP contribution in [0.3, 0.4) is 0 Å². The monoisotopic (exact) mass is 444 g/mol. The molecule has 0 aliphatic carbocycles. The first-order valence-electron chi connectivity index (χ1n) is 11.3. The molecule has 0 aliphatic rings. The lowest BCUT2D eigenvalue weighted by molar-refractivity contribution is -0.127. The summed E-state index contributed by atoms with van der Waals surface area (Å²) in [4.78, 5) is 40.1. The van der Waals surface area contributed by atoms with Crippen LogP contribution < -0.4 is 0 Å². The zero-order chi connectivity index (χ0) is 24.2. The van der Waals surface area contributed by atoms with Gasteiger partial charge in [-0.1, -0.05) is 69.3 Å². The van der Waals surface area contributed by atoms with E-state index in [-0.39, 0.29) is 35.6 Å². The Labute approximate surface area is 195 Å². The van der Waals surface area contributed by atoms with E-state index >= 15 is 0 Å². The Bertz CT molecular complexity index is 1180. The van der Waals surface area contributed by atoms with E-state index in [1.807, 2.05) is 77.1 Å². The van der Waals surface area contributed by atoms with Crippen LogP contribution >= 0.6 is 0 Å². The van der Waals surface area contributed by atoms with Crippen LogP contribution in [0.4, 0.5) is 0 Å². The summed E-state index contributed by atoms with van der Waals surface area (Å²) in [7, 11) is 0. The fourth-order valence-corrected chi connectivity index (χ4v) is 3.73. The van der Waals surface area contributed by atoms with E-state index < -0.39 is 0 Å². The van der Waals surface area contributed by atoms with Crippen LogP contribution in [0.2, 0.25) is 0 Å². The number of para-hydroxylation sites is 1. The molecule has 0 aliphatic heterocycles. The van der Waals surface area contributed by atoms with Crippen LogP contribution in [0.15, 0.2) is 66.9 Å². The third-order valence-corrected chi connectivity index (χ3v) is 5.41. The molecule has 0 fully saturated rings. The number of aromatic nitrogens is 1. The highest BCUT2D eigenvalue weighted by molar-refractivity contribution is 6.03. The zero-order valence-corrected chi connectivity index (χ0v) is 20.0. The van der Waals surface area contributed by atoms with Gasteiger partial charge in [-0.25, -0.2) is 0 Å². The van der Waals surface area contributed by atoms with Gasteiger partial charge >= 0.3 is 0 Å². The van der Waals surface area contributed by atoms with E-state index in [1.165, 1.54) is 6.08 Å². The standard InChI is InChI=1S/C28H32N2O3/c1-20(2)29(19-25(31)21-11-7-6-8-12-21)26(32)16-15-22-18-30(27(33)17-28(3,4)5)24-14-10-9-13-23(22)24/h6-16,18,20H,17,19H2,1-5H3/b16-15+. The summed E-state index contributed by atoms with van der Waals surface area (Å²) < 4.78 is 1.67. The Kier molecular flexibility index (Phi) is 7.32. The molecule has 0 unspecified atom stereocenters. The lowest BCUT2D eigenvalue weighted by Crippen LogP contribution is -2.39. The normalized spacial score (nSPS) is 11.9. The van der Waals surface area contributed by atoms with Gasteiger partial charge in [0.2, 0.25) is 11.8 Å². The lowest BCUT2D eigenvalue weighted by atomic mass is 9.92. The average Bonchev–Trinajstić information content (AvgIpc) is 3.14. The van der Waals surface area contributed by atoms with E-state index in [0.29, 0.717) is 12.0 Å². The van der Waals surface area contributed by atoms with Gasteiger partial charge in [0.05, 0.1) is 12.1 Å². The first-order chi connectivity index (χ1) is 15.6. The molecule has 0 spiro atoms. The Morgan fingerprint density at radius 3 is 2.24 bits per heavy atom. The molecule has 1 amide bonds. The highest BCUT2D eigenvalue weighted by Gasteiger charge is 2.21. The van der Waals surface area contributed by atoms with Gasteiger partial charge in [0.15, 0.2) is 5.78 Å². The second-order valence-corrected chi connectivity index (χ2v) is 9.79. The van der Waals surface area contributed by atoms with E-state index in [1.54, 1.807) is 33.9 Å². The van der Waals surface area contributed by atoms with Crippen molar-refractivity contribution in [2.24, 2.45) is 5.41 Å². The van der Waals surface area contributed by atoms with Crippen LogP contribution in [0.1, 0.15) is 61.8 Å². The summed E-state index contributed by atoms with van der Waals surface area (Å²) in [5.74, 6) is -0.329. The zero-order valence-electron chi connectivity index (χ0n) is 20.0. The molecule has 33 heavy (non-hydrogen) atoms. The summed E-state index contributed by atoms with van der Waals surface area (Å²) in [5, 5.41) is 0.903. The van der Waals surface area contributed by atoms with Gasteiger partial charge in [-0.15, -0.1) is 0 Å². The Morgan fingerprint density at radius 2 is 1.61 bits per heavy atom. The number of amides is 1. The largest absolute Gasteiger partial charge is 0.329 e. The number of hydrogen-bond donors (Lipinski definition) is 0. The lowest BCUT2D eigenvalue weighted by Gasteiger charge is -2.24. The molecular weight excluding hydrogens is 412 g/mol. The molecule has 3 aromatic rings. The van der Waals surface area contributed by atoms with Gasteiger partial charge < -0.3 is 4.90 Å². The Hall–Kier alpha value is -3.47. The second-order valence-electron chi connectivity index (χ2n) is 9.79. The minimum absolute atomic E-state index is 0.0106.